The number of hydrogen-bond acceptors (Lipinski definition) is 3. The third-order valence-corrected chi connectivity index (χ3v) is 7.17. The van der Waals surface area contributed by atoms with Crippen molar-refractivity contribution in [1.29, 1.82) is 0 Å². The highest BCUT2D eigenvalue weighted by molar-refractivity contribution is 7.89. The fourth-order valence-electron chi connectivity index (χ4n) is 5.26. The molecule has 4 bridgehead atoms. The molecule has 4 saturated carbocycles. The molecule has 1 aromatic carbocycles. The lowest BCUT2D eigenvalue weighted by molar-refractivity contribution is -0.00811. The Morgan fingerprint density at radius 3 is 2.05 bits per heavy atom. The summed E-state index contributed by atoms with van der Waals surface area (Å²) in [6.07, 6.45) is 6.72. The number of hydrogen-bond donors (Lipinski definition) is 2. The number of nitrogens with one attached hydrogen (secondary N) is 1. The summed E-state index contributed by atoms with van der Waals surface area (Å²) < 4.78 is 28.3. The smallest absolute Gasteiger partial charge is 0.244 e. The topological polar surface area (TPSA) is 66.4 Å². The van der Waals surface area contributed by atoms with Crippen molar-refractivity contribution in [3.8, 4) is 5.75 Å². The SMILES string of the molecule is O=S(=O)(NC12CC3CC(CC(C3)C1)C2)c1ccccc1O. The van der Waals surface area contributed by atoms with Gasteiger partial charge in [-0.2, -0.15) is 0 Å². The van der Waals surface area contributed by atoms with Gasteiger partial charge in [-0.25, -0.2) is 13.1 Å². The molecule has 0 spiro atoms. The van der Waals surface area contributed by atoms with Crippen LogP contribution in [-0.4, -0.2) is 19.1 Å². The lowest BCUT2D eigenvalue weighted by Gasteiger charge is -2.56. The molecule has 0 aromatic heterocycles. The molecule has 5 rings (SSSR count). The van der Waals surface area contributed by atoms with Crippen molar-refractivity contribution in [3.05, 3.63) is 24.3 Å². The van der Waals surface area contributed by atoms with E-state index >= 15 is 0 Å². The highest BCUT2D eigenvalue weighted by Gasteiger charge is 2.52. The zero-order valence-electron chi connectivity index (χ0n) is 12.0. The minimum atomic E-state index is -3.65. The lowest BCUT2D eigenvalue weighted by atomic mass is 9.53. The summed E-state index contributed by atoms with van der Waals surface area (Å²) in [6.45, 7) is 0. The van der Waals surface area contributed by atoms with E-state index in [0.717, 1.165) is 19.3 Å². The zero-order valence-corrected chi connectivity index (χ0v) is 12.8. The van der Waals surface area contributed by atoms with Crippen molar-refractivity contribution >= 4 is 10.0 Å². The number of phenolic OH excluding ortho intramolecular Hbond substituents is 1. The Bertz CT molecular complexity index is 633. The van der Waals surface area contributed by atoms with Gasteiger partial charge >= 0.3 is 0 Å². The second-order valence-corrected chi connectivity index (χ2v) is 8.92. The molecule has 0 unspecified atom stereocenters. The fourth-order valence-corrected chi connectivity index (χ4v) is 6.79. The summed E-state index contributed by atoms with van der Waals surface area (Å²) in [7, 11) is -3.65. The number of benzene rings is 1. The number of rotatable bonds is 3. The van der Waals surface area contributed by atoms with Gasteiger partial charge in [0.1, 0.15) is 10.6 Å². The first-order valence-electron chi connectivity index (χ1n) is 7.78. The Morgan fingerprint density at radius 1 is 1.00 bits per heavy atom. The van der Waals surface area contributed by atoms with Crippen molar-refractivity contribution in [2.75, 3.05) is 0 Å². The number of sulfonamides is 1. The van der Waals surface area contributed by atoms with Crippen molar-refractivity contribution < 1.29 is 13.5 Å². The second-order valence-electron chi connectivity index (χ2n) is 7.27. The highest BCUT2D eigenvalue weighted by Crippen LogP contribution is 2.56. The van der Waals surface area contributed by atoms with Crippen molar-refractivity contribution in [3.63, 3.8) is 0 Å². The van der Waals surface area contributed by atoms with Crippen LogP contribution in [0.3, 0.4) is 0 Å². The van der Waals surface area contributed by atoms with E-state index in [1.165, 1.54) is 31.4 Å². The maximum Gasteiger partial charge on any atom is 0.244 e. The molecular formula is C16H21NO3S. The van der Waals surface area contributed by atoms with Gasteiger partial charge in [0.25, 0.3) is 0 Å². The number of phenols is 1. The van der Waals surface area contributed by atoms with Crippen LogP contribution in [0.4, 0.5) is 0 Å². The summed E-state index contributed by atoms with van der Waals surface area (Å²) >= 11 is 0. The van der Waals surface area contributed by atoms with Crippen LogP contribution in [0.25, 0.3) is 0 Å². The fraction of sp³-hybridized carbons (Fsp3) is 0.625. The first kappa shape index (κ1) is 13.6. The molecule has 5 heteroatoms. The van der Waals surface area contributed by atoms with E-state index in [1.807, 2.05) is 0 Å². The Hall–Kier alpha value is -1.07. The van der Waals surface area contributed by atoms with Crippen LogP contribution in [0.15, 0.2) is 29.2 Å². The molecule has 2 N–H and O–H groups in total. The Labute approximate surface area is 125 Å². The molecule has 0 atom stereocenters. The normalized spacial score (nSPS) is 37.8. The standard InChI is InChI=1S/C16H21NO3S/c18-14-3-1-2-4-15(14)21(19,20)17-16-8-11-5-12(9-16)7-13(6-11)10-16/h1-4,11-13,17-18H,5-10H2. The van der Waals surface area contributed by atoms with Crippen LogP contribution in [0, 0.1) is 17.8 Å². The van der Waals surface area contributed by atoms with Gasteiger partial charge in [-0.1, -0.05) is 12.1 Å². The molecule has 4 nitrogen and oxygen atoms in total. The molecule has 21 heavy (non-hydrogen) atoms. The molecule has 0 saturated heterocycles. The molecule has 0 heterocycles. The average Bonchev–Trinajstić information content (AvgIpc) is 2.35. The van der Waals surface area contributed by atoms with Gasteiger partial charge in [0.2, 0.25) is 10.0 Å². The maximum atomic E-state index is 12.7. The minimum absolute atomic E-state index is 0.000690. The molecule has 4 aliphatic carbocycles. The molecule has 0 radical (unpaired) electrons. The van der Waals surface area contributed by atoms with Gasteiger partial charge < -0.3 is 5.11 Å². The molecule has 114 valence electrons. The molecule has 4 fully saturated rings. The van der Waals surface area contributed by atoms with Gasteiger partial charge in [-0.3, -0.25) is 0 Å². The van der Waals surface area contributed by atoms with Crippen LogP contribution in [-0.2, 0) is 10.0 Å². The monoisotopic (exact) mass is 307 g/mol. The predicted molar refractivity (Wildman–Crippen MR) is 79.3 cm³/mol. The number of aromatic hydroxyl groups is 1. The van der Waals surface area contributed by atoms with Crippen LogP contribution >= 0.6 is 0 Å². The van der Waals surface area contributed by atoms with E-state index in [0.29, 0.717) is 17.8 Å². The number of para-hydroxylation sites is 1. The quantitative estimate of drug-likeness (QED) is 0.902. The third kappa shape index (κ3) is 2.27. The molecule has 0 amide bonds. The van der Waals surface area contributed by atoms with Crippen LogP contribution in [0.2, 0.25) is 0 Å². The van der Waals surface area contributed by atoms with E-state index in [2.05, 4.69) is 4.72 Å². The largest absolute Gasteiger partial charge is 0.507 e. The average molecular weight is 307 g/mol. The van der Waals surface area contributed by atoms with Crippen LogP contribution < -0.4 is 4.72 Å². The van der Waals surface area contributed by atoms with Gasteiger partial charge in [-0.05, 0) is 68.4 Å². The lowest BCUT2D eigenvalue weighted by Crippen LogP contribution is -2.59. The first-order valence-corrected chi connectivity index (χ1v) is 9.26. The summed E-state index contributed by atoms with van der Waals surface area (Å²) in [5.41, 5.74) is -0.268. The maximum absolute atomic E-state index is 12.7. The van der Waals surface area contributed by atoms with Crippen molar-refractivity contribution in [2.45, 2.75) is 49.0 Å². The van der Waals surface area contributed by atoms with E-state index in [-0.39, 0.29) is 16.2 Å². The van der Waals surface area contributed by atoms with Gasteiger partial charge in [0, 0.05) is 5.54 Å². The summed E-state index contributed by atoms with van der Waals surface area (Å²) in [5.74, 6) is 1.88. The molecule has 4 aliphatic rings. The van der Waals surface area contributed by atoms with E-state index < -0.39 is 10.0 Å². The van der Waals surface area contributed by atoms with Gasteiger partial charge in [-0.15, -0.1) is 0 Å². The van der Waals surface area contributed by atoms with Crippen LogP contribution in [0.5, 0.6) is 5.75 Å². The van der Waals surface area contributed by atoms with Crippen LogP contribution in [0.1, 0.15) is 38.5 Å². The van der Waals surface area contributed by atoms with E-state index in [1.54, 1.807) is 12.1 Å². The predicted octanol–water partition coefficient (Wildman–Crippen LogP) is 2.64. The Morgan fingerprint density at radius 2 is 1.52 bits per heavy atom. The first-order chi connectivity index (χ1) is 9.96. The zero-order chi connectivity index (χ0) is 14.7. The second kappa shape index (κ2) is 4.46. The van der Waals surface area contributed by atoms with Crippen molar-refractivity contribution in [2.24, 2.45) is 17.8 Å². The Kier molecular flexibility index (Phi) is 2.89. The van der Waals surface area contributed by atoms with Gasteiger partial charge in [0.15, 0.2) is 0 Å². The minimum Gasteiger partial charge on any atom is -0.507 e. The summed E-state index contributed by atoms with van der Waals surface area (Å²) in [5, 5.41) is 9.84. The summed E-state index contributed by atoms with van der Waals surface area (Å²) in [4.78, 5) is 0.000690. The summed E-state index contributed by atoms with van der Waals surface area (Å²) in [6, 6.07) is 6.18. The van der Waals surface area contributed by atoms with E-state index in [4.69, 9.17) is 0 Å². The van der Waals surface area contributed by atoms with E-state index in [9.17, 15) is 13.5 Å². The van der Waals surface area contributed by atoms with Gasteiger partial charge in [0.05, 0.1) is 0 Å². The third-order valence-electron chi connectivity index (χ3n) is 5.54. The highest BCUT2D eigenvalue weighted by atomic mass is 32.2. The molecule has 0 aliphatic heterocycles. The Balaban J connectivity index is 1.65. The van der Waals surface area contributed by atoms with Crippen molar-refractivity contribution in [1.82, 2.24) is 4.72 Å². The molecule has 1 aromatic rings. The molecular weight excluding hydrogens is 286 g/mol.